The number of aromatic nitrogens is 2. The molecule has 2 aliphatic heterocycles. The van der Waals surface area contributed by atoms with Gasteiger partial charge in [-0.05, 0) is 66.1 Å². The summed E-state index contributed by atoms with van der Waals surface area (Å²) < 4.78 is 0. The first-order valence-electron chi connectivity index (χ1n) is 12.6. The third-order valence-electron chi connectivity index (χ3n) is 7.08. The van der Waals surface area contributed by atoms with E-state index in [1.807, 2.05) is 48.5 Å². The van der Waals surface area contributed by atoms with Gasteiger partial charge in [0.1, 0.15) is 11.7 Å². The van der Waals surface area contributed by atoms with Crippen LogP contribution >= 0.6 is 11.6 Å². The Hall–Kier alpha value is -4.56. The van der Waals surface area contributed by atoms with Crippen LogP contribution in [0.3, 0.4) is 0 Å². The zero-order valence-corrected chi connectivity index (χ0v) is 21.6. The molecule has 3 amide bonds. The van der Waals surface area contributed by atoms with Crippen molar-refractivity contribution < 1.29 is 14.4 Å². The molecular weight excluding hydrogens is 514 g/mol. The number of fused-ring (bicyclic) bond motifs is 2. The molecule has 39 heavy (non-hydrogen) atoms. The zero-order valence-electron chi connectivity index (χ0n) is 20.9. The first kappa shape index (κ1) is 24.8. The first-order chi connectivity index (χ1) is 19.0. The molecule has 0 bridgehead atoms. The Morgan fingerprint density at radius 1 is 0.897 bits per heavy atom. The van der Waals surface area contributed by atoms with E-state index in [1.54, 1.807) is 46.5 Å². The minimum atomic E-state index is -0.787. The molecule has 4 heterocycles. The summed E-state index contributed by atoms with van der Waals surface area (Å²) in [6.07, 6.45) is 4.28. The minimum absolute atomic E-state index is 0.130. The average Bonchev–Trinajstić information content (AvgIpc) is 3.04. The van der Waals surface area contributed by atoms with Crippen LogP contribution in [0, 0.1) is 0 Å². The molecule has 0 aliphatic carbocycles. The Bertz CT molecular complexity index is 1580. The van der Waals surface area contributed by atoms with Gasteiger partial charge in [-0.3, -0.25) is 24.4 Å². The van der Waals surface area contributed by atoms with Gasteiger partial charge in [0.15, 0.2) is 0 Å². The van der Waals surface area contributed by atoms with Gasteiger partial charge in [0.25, 0.3) is 11.8 Å². The maximum atomic E-state index is 13.8. The van der Waals surface area contributed by atoms with Crippen LogP contribution in [0.1, 0.15) is 37.7 Å². The van der Waals surface area contributed by atoms with Gasteiger partial charge in [0, 0.05) is 48.3 Å². The van der Waals surface area contributed by atoms with E-state index >= 15 is 0 Å². The van der Waals surface area contributed by atoms with Gasteiger partial charge in [-0.25, -0.2) is 0 Å². The zero-order chi connectivity index (χ0) is 26.9. The highest BCUT2D eigenvalue weighted by Crippen LogP contribution is 2.29. The largest absolute Gasteiger partial charge is 0.323 e. The molecule has 1 N–H and O–H groups in total. The number of rotatable bonds is 5. The Kier molecular flexibility index (Phi) is 6.54. The molecule has 0 fully saturated rings. The van der Waals surface area contributed by atoms with E-state index in [9.17, 15) is 14.4 Å². The second-order valence-corrected chi connectivity index (χ2v) is 9.97. The number of nitrogens with one attached hydrogen (secondary N) is 1. The topological polar surface area (TPSA) is 95.5 Å². The van der Waals surface area contributed by atoms with Crippen molar-refractivity contribution in [3.8, 4) is 0 Å². The van der Waals surface area contributed by atoms with Crippen molar-refractivity contribution >= 4 is 40.7 Å². The summed E-state index contributed by atoms with van der Waals surface area (Å²) in [5, 5.41) is 3.31. The summed E-state index contributed by atoms with van der Waals surface area (Å²) in [5.74, 6) is -0.717. The molecule has 9 heteroatoms. The van der Waals surface area contributed by atoms with Gasteiger partial charge in [-0.1, -0.05) is 35.9 Å². The number of hydrogen-bond donors (Lipinski definition) is 1. The fourth-order valence-corrected chi connectivity index (χ4v) is 5.25. The number of anilines is 2. The number of amides is 3. The Labute approximate surface area is 230 Å². The first-order valence-corrected chi connectivity index (χ1v) is 13.0. The van der Waals surface area contributed by atoms with Gasteiger partial charge in [-0.2, -0.15) is 0 Å². The predicted molar refractivity (Wildman–Crippen MR) is 148 cm³/mol. The van der Waals surface area contributed by atoms with Gasteiger partial charge in [0.05, 0.1) is 11.3 Å². The Balaban J connectivity index is 1.29. The normalized spacial score (nSPS) is 16.8. The summed E-state index contributed by atoms with van der Waals surface area (Å²) in [6, 6.07) is 20.8. The van der Waals surface area contributed by atoms with Crippen molar-refractivity contribution in [2.45, 2.75) is 25.4 Å². The lowest BCUT2D eigenvalue weighted by molar-refractivity contribution is -0.120. The average molecular weight is 538 g/mol. The SMILES string of the molecule is O=C1Nc2cc(Cl)ccc2C(=O)N(Cc2ccc(N3CCc4cccnc4C3=O)cc2)C1Cc1ccccn1. The van der Waals surface area contributed by atoms with E-state index in [1.165, 1.54) is 0 Å². The maximum absolute atomic E-state index is 13.8. The van der Waals surface area contributed by atoms with Gasteiger partial charge >= 0.3 is 0 Å². The minimum Gasteiger partial charge on any atom is -0.323 e. The molecule has 2 aromatic carbocycles. The number of hydrogen-bond acceptors (Lipinski definition) is 5. The van der Waals surface area contributed by atoms with Crippen molar-refractivity contribution in [2.75, 3.05) is 16.8 Å². The molecule has 4 aromatic rings. The van der Waals surface area contributed by atoms with Gasteiger partial charge < -0.3 is 15.1 Å². The van der Waals surface area contributed by atoms with Crippen LogP contribution in [0.5, 0.6) is 0 Å². The number of nitrogens with zero attached hydrogens (tertiary/aromatic N) is 4. The fourth-order valence-electron chi connectivity index (χ4n) is 5.08. The lowest BCUT2D eigenvalue weighted by atomic mass is 10.0. The lowest BCUT2D eigenvalue weighted by Gasteiger charge is -2.30. The second-order valence-electron chi connectivity index (χ2n) is 9.54. The monoisotopic (exact) mass is 537 g/mol. The molecule has 2 aliphatic rings. The quantitative estimate of drug-likeness (QED) is 0.403. The van der Waals surface area contributed by atoms with E-state index < -0.39 is 6.04 Å². The molecule has 2 aromatic heterocycles. The summed E-state index contributed by atoms with van der Waals surface area (Å²) >= 11 is 6.16. The Morgan fingerprint density at radius 3 is 2.51 bits per heavy atom. The number of halogens is 1. The highest BCUT2D eigenvalue weighted by atomic mass is 35.5. The van der Waals surface area contributed by atoms with E-state index in [4.69, 9.17) is 11.6 Å². The van der Waals surface area contributed by atoms with Gasteiger partial charge in [0.2, 0.25) is 5.91 Å². The highest BCUT2D eigenvalue weighted by molar-refractivity contribution is 6.31. The van der Waals surface area contributed by atoms with Crippen LogP contribution < -0.4 is 10.2 Å². The fraction of sp³-hybridized carbons (Fsp3) is 0.167. The summed E-state index contributed by atoms with van der Waals surface area (Å²) in [5.41, 5.74) is 4.47. The third kappa shape index (κ3) is 4.86. The molecule has 0 radical (unpaired) electrons. The summed E-state index contributed by atoms with van der Waals surface area (Å²) in [4.78, 5) is 52.2. The van der Waals surface area contributed by atoms with Crippen molar-refractivity contribution in [3.05, 3.63) is 118 Å². The third-order valence-corrected chi connectivity index (χ3v) is 7.32. The molecule has 0 spiro atoms. The standard InChI is InChI=1S/C30H24ClN5O3/c31-21-8-11-24-25(16-21)34-28(37)26(17-22-5-1-2-13-32-22)36(29(24)38)18-19-6-9-23(10-7-19)35-15-12-20-4-3-14-33-27(20)30(35)39/h1-11,13-14,16,26H,12,15,17-18H2,(H,34,37). The summed E-state index contributed by atoms with van der Waals surface area (Å²) in [6.45, 7) is 0.761. The molecule has 8 nitrogen and oxygen atoms in total. The number of carbonyl (C=O) groups is 3. The van der Waals surface area contributed by atoms with Crippen LogP contribution in [-0.4, -0.2) is 45.2 Å². The molecule has 194 valence electrons. The van der Waals surface area contributed by atoms with Crippen LogP contribution in [0.2, 0.25) is 5.02 Å². The number of carbonyl (C=O) groups excluding carboxylic acids is 3. The van der Waals surface area contributed by atoms with E-state index in [0.29, 0.717) is 34.2 Å². The number of benzene rings is 2. The number of pyridine rings is 2. The van der Waals surface area contributed by atoms with Crippen LogP contribution in [0.25, 0.3) is 0 Å². The summed E-state index contributed by atoms with van der Waals surface area (Å²) in [7, 11) is 0. The predicted octanol–water partition coefficient (Wildman–Crippen LogP) is 4.54. The lowest BCUT2D eigenvalue weighted by Crippen LogP contribution is -2.46. The van der Waals surface area contributed by atoms with Crippen LogP contribution in [0.4, 0.5) is 11.4 Å². The van der Waals surface area contributed by atoms with Crippen LogP contribution in [-0.2, 0) is 24.2 Å². The molecule has 6 rings (SSSR count). The second kappa shape index (κ2) is 10.3. The van der Waals surface area contributed by atoms with E-state index in [0.717, 1.165) is 23.2 Å². The highest BCUT2D eigenvalue weighted by Gasteiger charge is 2.36. The van der Waals surface area contributed by atoms with Crippen LogP contribution in [0.15, 0.2) is 85.2 Å². The van der Waals surface area contributed by atoms with Crippen molar-refractivity contribution in [1.29, 1.82) is 0 Å². The molecule has 1 unspecified atom stereocenters. The Morgan fingerprint density at radius 2 is 1.72 bits per heavy atom. The van der Waals surface area contributed by atoms with E-state index in [-0.39, 0.29) is 30.7 Å². The smallest absolute Gasteiger partial charge is 0.277 e. The molecular formula is C30H24ClN5O3. The van der Waals surface area contributed by atoms with Crippen molar-refractivity contribution in [1.82, 2.24) is 14.9 Å². The maximum Gasteiger partial charge on any atom is 0.277 e. The van der Waals surface area contributed by atoms with E-state index in [2.05, 4.69) is 15.3 Å². The van der Waals surface area contributed by atoms with Crippen molar-refractivity contribution in [3.63, 3.8) is 0 Å². The van der Waals surface area contributed by atoms with Crippen molar-refractivity contribution in [2.24, 2.45) is 0 Å². The molecule has 0 saturated carbocycles. The molecule has 1 atom stereocenters. The molecule has 0 saturated heterocycles. The van der Waals surface area contributed by atoms with Gasteiger partial charge in [-0.15, -0.1) is 0 Å².